The summed E-state index contributed by atoms with van der Waals surface area (Å²) in [6.07, 6.45) is 2.09. The largest absolute Gasteiger partial charge is 0.312 e. The first-order valence-electron chi connectivity index (χ1n) is 5.32. The third kappa shape index (κ3) is 2.36. The predicted octanol–water partition coefficient (Wildman–Crippen LogP) is 3.27. The molecule has 0 fully saturated rings. The zero-order chi connectivity index (χ0) is 11.5. The van der Waals surface area contributed by atoms with Crippen molar-refractivity contribution < 1.29 is 4.79 Å². The SMILES string of the molecule is CC(=O)N1CCCc2cc(SCCl)ccc21. The number of carbonyl (C=O) groups excluding carboxylic acids is 1. The van der Waals surface area contributed by atoms with Gasteiger partial charge in [-0.3, -0.25) is 4.79 Å². The lowest BCUT2D eigenvalue weighted by Gasteiger charge is -2.28. The topological polar surface area (TPSA) is 20.3 Å². The van der Waals surface area contributed by atoms with Crippen molar-refractivity contribution in [2.75, 3.05) is 16.7 Å². The molecule has 2 nitrogen and oxygen atoms in total. The fraction of sp³-hybridized carbons (Fsp3) is 0.417. The molecule has 0 bridgehead atoms. The molecule has 1 aromatic carbocycles. The number of nitrogens with zero attached hydrogens (tertiary/aromatic N) is 1. The summed E-state index contributed by atoms with van der Waals surface area (Å²) in [6.45, 7) is 2.46. The van der Waals surface area contributed by atoms with E-state index in [0.717, 1.165) is 25.1 Å². The lowest BCUT2D eigenvalue weighted by molar-refractivity contribution is -0.116. The van der Waals surface area contributed by atoms with E-state index in [1.165, 1.54) is 10.5 Å². The van der Waals surface area contributed by atoms with E-state index in [0.29, 0.717) is 5.21 Å². The van der Waals surface area contributed by atoms with Gasteiger partial charge in [-0.1, -0.05) is 0 Å². The second-order valence-electron chi connectivity index (χ2n) is 3.82. The Morgan fingerprint density at radius 1 is 1.56 bits per heavy atom. The van der Waals surface area contributed by atoms with E-state index in [1.807, 2.05) is 17.0 Å². The van der Waals surface area contributed by atoms with Crippen LogP contribution in [-0.2, 0) is 11.2 Å². The minimum Gasteiger partial charge on any atom is -0.312 e. The van der Waals surface area contributed by atoms with E-state index < -0.39 is 0 Å². The van der Waals surface area contributed by atoms with Gasteiger partial charge in [0.1, 0.15) is 0 Å². The molecule has 0 N–H and O–H groups in total. The fourth-order valence-electron chi connectivity index (χ4n) is 2.05. The van der Waals surface area contributed by atoms with E-state index in [9.17, 15) is 4.79 Å². The zero-order valence-electron chi connectivity index (χ0n) is 9.20. The quantitative estimate of drug-likeness (QED) is 0.597. The molecule has 0 spiro atoms. The number of hydrogen-bond acceptors (Lipinski definition) is 2. The molecule has 0 aliphatic carbocycles. The van der Waals surface area contributed by atoms with Gasteiger partial charge in [0.05, 0.1) is 5.21 Å². The summed E-state index contributed by atoms with van der Waals surface area (Å²) in [5.41, 5.74) is 2.33. The molecule has 0 radical (unpaired) electrons. The maximum absolute atomic E-state index is 11.5. The van der Waals surface area contributed by atoms with Crippen molar-refractivity contribution in [3.05, 3.63) is 23.8 Å². The standard InChI is InChI=1S/C12H14ClNOS/c1-9(15)14-6-2-3-10-7-11(16-8-13)4-5-12(10)14/h4-5,7H,2-3,6,8H2,1H3. The smallest absolute Gasteiger partial charge is 0.223 e. The van der Waals surface area contributed by atoms with Gasteiger partial charge in [-0.05, 0) is 36.6 Å². The van der Waals surface area contributed by atoms with Crippen LogP contribution in [0.25, 0.3) is 0 Å². The molecule has 0 aromatic heterocycles. The highest BCUT2D eigenvalue weighted by Gasteiger charge is 2.19. The Bertz CT molecular complexity index is 408. The van der Waals surface area contributed by atoms with Gasteiger partial charge in [0.25, 0.3) is 0 Å². The lowest BCUT2D eigenvalue weighted by Crippen LogP contribution is -2.33. The average Bonchev–Trinajstić information content (AvgIpc) is 2.28. The maximum Gasteiger partial charge on any atom is 0.223 e. The Morgan fingerprint density at radius 2 is 2.38 bits per heavy atom. The van der Waals surface area contributed by atoms with Gasteiger partial charge in [-0.15, -0.1) is 23.4 Å². The van der Waals surface area contributed by atoms with Crippen LogP contribution in [-0.4, -0.2) is 17.7 Å². The Morgan fingerprint density at radius 3 is 3.06 bits per heavy atom. The van der Waals surface area contributed by atoms with Crippen LogP contribution in [0.5, 0.6) is 0 Å². The van der Waals surface area contributed by atoms with Gasteiger partial charge in [0.2, 0.25) is 5.91 Å². The van der Waals surface area contributed by atoms with Gasteiger partial charge in [-0.25, -0.2) is 0 Å². The molecular weight excluding hydrogens is 242 g/mol. The highest BCUT2D eigenvalue weighted by Crippen LogP contribution is 2.31. The van der Waals surface area contributed by atoms with E-state index in [1.54, 1.807) is 18.7 Å². The number of anilines is 1. The van der Waals surface area contributed by atoms with Crippen LogP contribution in [0.2, 0.25) is 0 Å². The number of alkyl halides is 1. The van der Waals surface area contributed by atoms with E-state index in [-0.39, 0.29) is 5.91 Å². The number of fused-ring (bicyclic) bond motifs is 1. The highest BCUT2D eigenvalue weighted by atomic mass is 35.5. The van der Waals surface area contributed by atoms with Gasteiger partial charge in [-0.2, -0.15) is 0 Å². The maximum atomic E-state index is 11.5. The van der Waals surface area contributed by atoms with Gasteiger partial charge in [0.15, 0.2) is 0 Å². The Kier molecular flexibility index (Phi) is 3.77. The van der Waals surface area contributed by atoms with Crippen molar-refractivity contribution in [3.8, 4) is 0 Å². The molecule has 1 aliphatic rings. The number of carbonyl (C=O) groups is 1. The molecule has 2 rings (SSSR count). The molecule has 0 unspecified atom stereocenters. The molecule has 0 saturated heterocycles. The first-order chi connectivity index (χ1) is 7.72. The summed E-state index contributed by atoms with van der Waals surface area (Å²) in [6, 6.07) is 6.22. The molecule has 1 amide bonds. The molecule has 1 aliphatic heterocycles. The summed E-state index contributed by atoms with van der Waals surface area (Å²) >= 11 is 7.32. The fourth-order valence-corrected chi connectivity index (χ4v) is 2.95. The average molecular weight is 256 g/mol. The molecule has 1 heterocycles. The minimum absolute atomic E-state index is 0.124. The van der Waals surface area contributed by atoms with Crippen LogP contribution >= 0.6 is 23.4 Å². The second kappa shape index (κ2) is 5.11. The van der Waals surface area contributed by atoms with Crippen LogP contribution < -0.4 is 4.90 Å². The first kappa shape index (κ1) is 11.8. The van der Waals surface area contributed by atoms with Crippen molar-refractivity contribution in [3.63, 3.8) is 0 Å². The van der Waals surface area contributed by atoms with Crippen molar-refractivity contribution >= 4 is 35.0 Å². The summed E-state index contributed by atoms with van der Waals surface area (Å²) in [4.78, 5) is 14.5. The Balaban J connectivity index is 2.33. The summed E-state index contributed by atoms with van der Waals surface area (Å²) in [7, 11) is 0. The second-order valence-corrected chi connectivity index (χ2v) is 5.45. The van der Waals surface area contributed by atoms with Crippen LogP contribution in [0.3, 0.4) is 0 Å². The third-order valence-corrected chi connectivity index (χ3v) is 3.79. The number of halogens is 1. The van der Waals surface area contributed by atoms with Crippen LogP contribution in [0, 0.1) is 0 Å². The monoisotopic (exact) mass is 255 g/mol. The van der Waals surface area contributed by atoms with Crippen molar-refractivity contribution in [1.82, 2.24) is 0 Å². The number of thioether (sulfide) groups is 1. The van der Waals surface area contributed by atoms with Crippen LogP contribution in [0.15, 0.2) is 23.1 Å². The minimum atomic E-state index is 0.124. The van der Waals surface area contributed by atoms with Crippen LogP contribution in [0.1, 0.15) is 18.9 Å². The Labute approximate surface area is 105 Å². The molecule has 1 aromatic rings. The normalized spacial score (nSPS) is 14.8. The van der Waals surface area contributed by atoms with Gasteiger partial charge >= 0.3 is 0 Å². The van der Waals surface area contributed by atoms with Crippen molar-refractivity contribution in [2.24, 2.45) is 0 Å². The first-order valence-corrected chi connectivity index (χ1v) is 6.84. The number of amides is 1. The molecule has 86 valence electrons. The van der Waals surface area contributed by atoms with E-state index in [2.05, 4.69) is 6.07 Å². The number of hydrogen-bond donors (Lipinski definition) is 0. The number of benzene rings is 1. The van der Waals surface area contributed by atoms with Crippen molar-refractivity contribution in [1.29, 1.82) is 0 Å². The summed E-state index contributed by atoms with van der Waals surface area (Å²) in [5.74, 6) is 0.124. The van der Waals surface area contributed by atoms with Crippen molar-refractivity contribution in [2.45, 2.75) is 24.7 Å². The number of rotatable bonds is 2. The zero-order valence-corrected chi connectivity index (χ0v) is 10.8. The van der Waals surface area contributed by atoms with Gasteiger partial charge < -0.3 is 4.90 Å². The summed E-state index contributed by atoms with van der Waals surface area (Å²) < 4.78 is 0. The number of aryl methyl sites for hydroxylation is 1. The molecular formula is C12H14ClNOS. The Hall–Kier alpha value is -0.670. The third-order valence-electron chi connectivity index (χ3n) is 2.77. The highest BCUT2D eigenvalue weighted by molar-refractivity contribution is 8.00. The van der Waals surface area contributed by atoms with Gasteiger partial charge in [0, 0.05) is 24.1 Å². The van der Waals surface area contributed by atoms with E-state index in [4.69, 9.17) is 11.6 Å². The molecule has 0 atom stereocenters. The summed E-state index contributed by atoms with van der Waals surface area (Å²) in [5, 5.41) is 0.565. The molecule has 0 saturated carbocycles. The molecule has 16 heavy (non-hydrogen) atoms. The van der Waals surface area contributed by atoms with E-state index >= 15 is 0 Å². The predicted molar refractivity (Wildman–Crippen MR) is 69.4 cm³/mol. The van der Waals surface area contributed by atoms with Crippen LogP contribution in [0.4, 0.5) is 5.69 Å². The lowest BCUT2D eigenvalue weighted by atomic mass is 10.0. The molecule has 4 heteroatoms.